The van der Waals surface area contributed by atoms with Crippen LogP contribution in [-0.2, 0) is 14.1 Å². The number of aliphatic hydroxyl groups excluding tert-OH is 1. The molecule has 5 nitrogen and oxygen atoms in total. The number of aliphatic hydroxyl groups is 1. The van der Waals surface area contributed by atoms with E-state index in [-0.39, 0.29) is 49.0 Å². The summed E-state index contributed by atoms with van der Waals surface area (Å²) >= 11 is 0. The van der Waals surface area contributed by atoms with Crippen LogP contribution in [0.2, 0.25) is 0 Å². The number of hydrogen-bond donors (Lipinski definition) is 1. The number of carbonyl (C=O) groups excluding carboxylic acids is 2. The van der Waals surface area contributed by atoms with Crippen LogP contribution in [0.25, 0.3) is 0 Å². The van der Waals surface area contributed by atoms with Gasteiger partial charge in [-0.25, -0.2) is 0 Å². The van der Waals surface area contributed by atoms with E-state index in [4.69, 9.17) is 9.26 Å². The number of rotatable bonds is 13. The molecule has 2 unspecified atom stereocenters. The lowest BCUT2D eigenvalue weighted by molar-refractivity contribution is -0.122. The van der Waals surface area contributed by atoms with Crippen molar-refractivity contribution in [2.45, 2.75) is 71.2 Å². The van der Waals surface area contributed by atoms with Crippen molar-refractivity contribution < 1.29 is 24.0 Å². The Balaban J connectivity index is 1.90. The first-order valence-corrected chi connectivity index (χ1v) is 12.4. The summed E-state index contributed by atoms with van der Waals surface area (Å²) in [6.07, 6.45) is 3.28. The summed E-state index contributed by atoms with van der Waals surface area (Å²) < 4.78 is 12.0. The zero-order valence-electron chi connectivity index (χ0n) is 17.9. The molecular formula is C23H35O5P. The van der Waals surface area contributed by atoms with Crippen LogP contribution in [0.15, 0.2) is 30.3 Å². The lowest BCUT2D eigenvalue weighted by Gasteiger charge is -2.25. The molecule has 162 valence electrons. The molecule has 5 atom stereocenters. The van der Waals surface area contributed by atoms with E-state index < -0.39 is 14.3 Å². The first-order chi connectivity index (χ1) is 14.0. The fourth-order valence-corrected chi connectivity index (χ4v) is 5.99. The molecule has 0 saturated carbocycles. The second-order valence-corrected chi connectivity index (χ2v) is 9.82. The average molecular weight is 423 g/mol. The third-order valence-electron chi connectivity index (χ3n) is 5.31. The van der Waals surface area contributed by atoms with Crippen molar-refractivity contribution in [2.75, 3.05) is 18.9 Å². The van der Waals surface area contributed by atoms with Crippen molar-refractivity contribution in [2.24, 2.45) is 5.92 Å². The quantitative estimate of drug-likeness (QED) is 0.371. The number of Topliss-reactive ketones (excluding diaryl/α,β-unsaturated/α-hetero) is 2. The van der Waals surface area contributed by atoms with Crippen LogP contribution >= 0.6 is 8.15 Å². The Kier molecular flexibility index (Phi) is 10.4. The van der Waals surface area contributed by atoms with Gasteiger partial charge in [0.05, 0.1) is 24.9 Å². The van der Waals surface area contributed by atoms with Gasteiger partial charge in [0.25, 0.3) is 0 Å². The number of benzene rings is 1. The normalized spacial score (nSPS) is 25.1. The van der Waals surface area contributed by atoms with Gasteiger partial charge in [0.2, 0.25) is 0 Å². The Morgan fingerprint density at radius 3 is 2.52 bits per heavy atom. The number of hydrogen-bond acceptors (Lipinski definition) is 5. The molecule has 0 spiro atoms. The van der Waals surface area contributed by atoms with Gasteiger partial charge in [0.15, 0.2) is 5.78 Å². The molecule has 0 bridgehead atoms. The van der Waals surface area contributed by atoms with Crippen LogP contribution < -0.4 is 0 Å². The molecule has 1 aliphatic rings. The molecule has 0 aliphatic carbocycles. The predicted molar refractivity (Wildman–Crippen MR) is 117 cm³/mol. The molecule has 1 saturated heterocycles. The zero-order chi connectivity index (χ0) is 21.2. The first kappa shape index (κ1) is 24.1. The number of carbonyl (C=O) groups is 2. The average Bonchev–Trinajstić information content (AvgIpc) is 2.98. The van der Waals surface area contributed by atoms with Crippen molar-refractivity contribution >= 4 is 19.7 Å². The highest BCUT2D eigenvalue weighted by Crippen LogP contribution is 2.44. The van der Waals surface area contributed by atoms with Gasteiger partial charge in [-0.2, -0.15) is 0 Å². The van der Waals surface area contributed by atoms with Gasteiger partial charge < -0.3 is 14.4 Å². The minimum absolute atomic E-state index is 0.0138. The number of ketones is 2. The van der Waals surface area contributed by atoms with E-state index in [2.05, 4.69) is 13.8 Å². The summed E-state index contributed by atoms with van der Waals surface area (Å²) in [6, 6.07) is 9.05. The molecule has 1 N–H and O–H groups in total. The van der Waals surface area contributed by atoms with Crippen LogP contribution in [0.4, 0.5) is 0 Å². The molecule has 0 aromatic heterocycles. The van der Waals surface area contributed by atoms with E-state index in [1.807, 2.05) is 25.1 Å². The van der Waals surface area contributed by atoms with Crippen molar-refractivity contribution in [1.82, 2.24) is 0 Å². The van der Waals surface area contributed by atoms with Crippen molar-refractivity contribution in [3.63, 3.8) is 0 Å². The monoisotopic (exact) mass is 422 g/mol. The van der Waals surface area contributed by atoms with Gasteiger partial charge in [-0.05, 0) is 25.7 Å². The zero-order valence-corrected chi connectivity index (χ0v) is 18.8. The molecule has 29 heavy (non-hydrogen) atoms. The fraction of sp³-hybridized carbons (Fsp3) is 0.652. The maximum Gasteiger partial charge on any atom is 0.163 e. The second kappa shape index (κ2) is 12.5. The molecule has 1 heterocycles. The Morgan fingerprint density at radius 2 is 1.86 bits per heavy atom. The van der Waals surface area contributed by atoms with E-state index >= 15 is 0 Å². The first-order valence-electron chi connectivity index (χ1n) is 10.8. The third-order valence-corrected chi connectivity index (χ3v) is 7.63. The molecule has 1 fully saturated rings. The largest absolute Gasteiger partial charge is 0.390 e. The lowest BCUT2D eigenvalue weighted by Crippen LogP contribution is -2.30. The van der Waals surface area contributed by atoms with Crippen LogP contribution in [0.1, 0.15) is 63.2 Å². The van der Waals surface area contributed by atoms with Crippen LogP contribution in [0.3, 0.4) is 0 Å². The van der Waals surface area contributed by atoms with Gasteiger partial charge in [-0.1, -0.05) is 50.6 Å². The summed E-state index contributed by atoms with van der Waals surface area (Å²) in [7, 11) is -0.629. The van der Waals surface area contributed by atoms with E-state index in [0.29, 0.717) is 5.56 Å². The Hall–Kier alpha value is -1.13. The maximum absolute atomic E-state index is 12.5. The molecule has 1 aliphatic heterocycles. The number of ether oxygens (including phenoxy) is 1. The topological polar surface area (TPSA) is 72.8 Å². The minimum Gasteiger partial charge on any atom is -0.390 e. The Labute approximate surface area is 176 Å². The van der Waals surface area contributed by atoms with Crippen LogP contribution in [0, 0.1) is 5.92 Å². The molecule has 1 aromatic carbocycles. The fourth-order valence-electron chi connectivity index (χ4n) is 3.71. The Bertz CT molecular complexity index is 635. The standard InChI is InChI=1S/C23H35O5P/c1-4-13-27-29(14-5-2)16-20-22(28-17(3)23(20)26)15-19(24)11-12-21(25)18-9-7-6-8-10-18/h6-10,17,20,22-23,26H,4-5,11-16H2,1-3H3/t17-,20-,22+,23?,29?/m0/s1. The minimum atomic E-state index is -0.629. The summed E-state index contributed by atoms with van der Waals surface area (Å²) in [5, 5.41) is 10.6. The molecule has 1 aromatic rings. The third kappa shape index (κ3) is 7.57. The summed E-state index contributed by atoms with van der Waals surface area (Å²) in [5.41, 5.74) is 0.637. The lowest BCUT2D eigenvalue weighted by atomic mass is 9.94. The van der Waals surface area contributed by atoms with E-state index in [1.165, 1.54) is 0 Å². The second-order valence-electron chi connectivity index (χ2n) is 7.79. The van der Waals surface area contributed by atoms with Crippen molar-refractivity contribution in [1.29, 1.82) is 0 Å². The van der Waals surface area contributed by atoms with E-state index in [0.717, 1.165) is 31.8 Å². The van der Waals surface area contributed by atoms with Gasteiger partial charge >= 0.3 is 0 Å². The highest BCUT2D eigenvalue weighted by Gasteiger charge is 2.43. The summed E-state index contributed by atoms with van der Waals surface area (Å²) in [6.45, 7) is 6.82. The highest BCUT2D eigenvalue weighted by molar-refractivity contribution is 7.52. The van der Waals surface area contributed by atoms with Gasteiger partial charge in [0, 0.05) is 38.9 Å². The van der Waals surface area contributed by atoms with E-state index in [1.54, 1.807) is 12.1 Å². The van der Waals surface area contributed by atoms with Gasteiger partial charge in [0.1, 0.15) is 5.78 Å². The van der Waals surface area contributed by atoms with Crippen LogP contribution in [0.5, 0.6) is 0 Å². The van der Waals surface area contributed by atoms with Crippen LogP contribution in [-0.4, -0.2) is 53.9 Å². The molecular weight excluding hydrogens is 387 g/mol. The maximum atomic E-state index is 12.5. The van der Waals surface area contributed by atoms with Crippen molar-refractivity contribution in [3.8, 4) is 0 Å². The molecule has 2 rings (SSSR count). The molecule has 0 amide bonds. The highest BCUT2D eigenvalue weighted by atomic mass is 31.1. The van der Waals surface area contributed by atoms with Crippen molar-refractivity contribution in [3.05, 3.63) is 35.9 Å². The summed E-state index contributed by atoms with van der Waals surface area (Å²) in [4.78, 5) is 24.8. The Morgan fingerprint density at radius 1 is 1.14 bits per heavy atom. The predicted octanol–water partition coefficient (Wildman–Crippen LogP) is 4.61. The van der Waals surface area contributed by atoms with Gasteiger partial charge in [-0.15, -0.1) is 0 Å². The summed E-state index contributed by atoms with van der Waals surface area (Å²) in [5.74, 6) is -0.0937. The molecule has 6 heteroatoms. The van der Waals surface area contributed by atoms with Gasteiger partial charge in [-0.3, -0.25) is 9.59 Å². The molecule has 0 radical (unpaired) electrons. The smallest absolute Gasteiger partial charge is 0.163 e. The van der Waals surface area contributed by atoms with E-state index in [9.17, 15) is 14.7 Å². The SMILES string of the molecule is CCCOP(CCC)C[C@@H]1C(O)[C@H](C)O[C@@H]1CC(=O)CCC(=O)c1ccccc1.